The number of carbonyl (C=O) groups excluding carboxylic acids is 1. The summed E-state index contributed by atoms with van der Waals surface area (Å²) in [5.41, 5.74) is 2.88. The Kier molecular flexibility index (Phi) is 4.03. The number of benzene rings is 1. The molecule has 3 rings (SSSR count). The minimum Gasteiger partial charge on any atom is -0.341 e. The Labute approximate surface area is 127 Å². The fourth-order valence-electron chi connectivity index (χ4n) is 3.70. The van der Waals surface area contributed by atoms with E-state index in [1.807, 2.05) is 0 Å². The molecule has 3 heteroatoms. The van der Waals surface area contributed by atoms with Crippen molar-refractivity contribution in [2.45, 2.75) is 45.6 Å². The fraction of sp³-hybridized carbons (Fsp3) is 0.611. The smallest absolute Gasteiger partial charge is 0.240 e. The standard InChI is InChI=1S/C18H26N2O/c1-18(2)10-5-11-19-16(18)17(21)20-12-8-14-6-3-4-7-15(14)9-13-20/h3-4,6-7,16,19H,5,8-13H2,1-2H3. The van der Waals surface area contributed by atoms with Crippen LogP contribution in [0.25, 0.3) is 0 Å². The van der Waals surface area contributed by atoms with E-state index in [0.717, 1.165) is 38.9 Å². The number of hydrogen-bond donors (Lipinski definition) is 1. The first kappa shape index (κ1) is 14.6. The maximum atomic E-state index is 12.9. The van der Waals surface area contributed by atoms with E-state index >= 15 is 0 Å². The number of fused-ring (bicyclic) bond motifs is 1. The van der Waals surface area contributed by atoms with Gasteiger partial charge >= 0.3 is 0 Å². The summed E-state index contributed by atoms with van der Waals surface area (Å²) in [6, 6.07) is 8.58. The molecule has 0 aliphatic carbocycles. The minimum absolute atomic E-state index is 0.0209. The number of hydrogen-bond acceptors (Lipinski definition) is 2. The molecule has 3 nitrogen and oxygen atoms in total. The van der Waals surface area contributed by atoms with Crippen molar-refractivity contribution in [2.75, 3.05) is 19.6 Å². The summed E-state index contributed by atoms with van der Waals surface area (Å²) in [4.78, 5) is 15.0. The Morgan fingerprint density at radius 2 is 1.81 bits per heavy atom. The Balaban J connectivity index is 1.72. The normalized spacial score (nSPS) is 25.0. The van der Waals surface area contributed by atoms with Gasteiger partial charge < -0.3 is 10.2 Å². The van der Waals surface area contributed by atoms with Crippen LogP contribution < -0.4 is 5.32 Å². The summed E-state index contributed by atoms with van der Waals surface area (Å²) >= 11 is 0. The van der Waals surface area contributed by atoms with Gasteiger partial charge in [0.2, 0.25) is 5.91 Å². The third-order valence-corrected chi connectivity index (χ3v) is 5.11. The molecule has 2 heterocycles. The number of nitrogens with zero attached hydrogens (tertiary/aromatic N) is 1. The highest BCUT2D eigenvalue weighted by Gasteiger charge is 2.39. The summed E-state index contributed by atoms with van der Waals surface area (Å²) in [5.74, 6) is 0.299. The Morgan fingerprint density at radius 1 is 1.19 bits per heavy atom. The molecule has 114 valence electrons. The van der Waals surface area contributed by atoms with Crippen molar-refractivity contribution in [2.24, 2.45) is 5.41 Å². The van der Waals surface area contributed by atoms with E-state index < -0.39 is 0 Å². The minimum atomic E-state index is -0.0209. The third kappa shape index (κ3) is 2.98. The maximum absolute atomic E-state index is 12.9. The topological polar surface area (TPSA) is 32.3 Å². The molecule has 0 bridgehead atoms. The van der Waals surface area contributed by atoms with E-state index in [9.17, 15) is 4.79 Å². The zero-order chi connectivity index (χ0) is 14.9. The highest BCUT2D eigenvalue weighted by atomic mass is 16.2. The second-order valence-corrected chi connectivity index (χ2v) is 7.07. The average Bonchev–Trinajstić information content (AvgIpc) is 2.69. The van der Waals surface area contributed by atoms with Gasteiger partial charge in [-0.3, -0.25) is 4.79 Å². The van der Waals surface area contributed by atoms with E-state index in [1.54, 1.807) is 0 Å². The van der Waals surface area contributed by atoms with Gasteiger partial charge in [0.05, 0.1) is 6.04 Å². The van der Waals surface area contributed by atoms with Gasteiger partial charge in [-0.1, -0.05) is 38.1 Å². The Hall–Kier alpha value is -1.35. The van der Waals surface area contributed by atoms with Crippen LogP contribution in [0.5, 0.6) is 0 Å². The van der Waals surface area contributed by atoms with Crippen molar-refractivity contribution in [1.82, 2.24) is 10.2 Å². The predicted molar refractivity (Wildman–Crippen MR) is 85.2 cm³/mol. The van der Waals surface area contributed by atoms with Crippen LogP contribution >= 0.6 is 0 Å². The molecule has 0 aromatic heterocycles. The summed E-state index contributed by atoms with van der Waals surface area (Å²) < 4.78 is 0. The lowest BCUT2D eigenvalue weighted by atomic mass is 9.77. The molecule has 2 aliphatic heterocycles. The van der Waals surface area contributed by atoms with E-state index in [-0.39, 0.29) is 11.5 Å². The van der Waals surface area contributed by atoms with Gasteiger partial charge in [-0.2, -0.15) is 0 Å². The first-order valence-electron chi connectivity index (χ1n) is 8.17. The third-order valence-electron chi connectivity index (χ3n) is 5.11. The lowest BCUT2D eigenvalue weighted by molar-refractivity contribution is -0.137. The lowest BCUT2D eigenvalue weighted by Crippen LogP contribution is -2.56. The molecule has 1 aromatic carbocycles. The Bertz CT molecular complexity index is 497. The van der Waals surface area contributed by atoms with Crippen LogP contribution in [0.1, 0.15) is 37.8 Å². The molecule has 1 amide bonds. The van der Waals surface area contributed by atoms with Crippen LogP contribution in [0.4, 0.5) is 0 Å². The molecule has 1 atom stereocenters. The van der Waals surface area contributed by atoms with Gasteiger partial charge in [0, 0.05) is 13.1 Å². The van der Waals surface area contributed by atoms with Crippen LogP contribution in [0.2, 0.25) is 0 Å². The van der Waals surface area contributed by atoms with Gasteiger partial charge in [0.1, 0.15) is 0 Å². The van der Waals surface area contributed by atoms with Crippen LogP contribution in [0.15, 0.2) is 24.3 Å². The van der Waals surface area contributed by atoms with E-state index in [0.29, 0.717) is 5.91 Å². The number of rotatable bonds is 1. The number of carbonyl (C=O) groups is 1. The van der Waals surface area contributed by atoms with Crippen molar-refractivity contribution in [1.29, 1.82) is 0 Å². The summed E-state index contributed by atoms with van der Waals surface area (Å²) in [6.07, 6.45) is 4.26. The van der Waals surface area contributed by atoms with E-state index in [2.05, 4.69) is 48.3 Å². The van der Waals surface area contributed by atoms with Gasteiger partial charge in [-0.25, -0.2) is 0 Å². The van der Waals surface area contributed by atoms with Crippen LogP contribution in [0, 0.1) is 5.41 Å². The monoisotopic (exact) mass is 286 g/mol. The highest BCUT2D eigenvalue weighted by molar-refractivity contribution is 5.83. The van der Waals surface area contributed by atoms with Crippen molar-refractivity contribution >= 4 is 5.91 Å². The fourth-order valence-corrected chi connectivity index (χ4v) is 3.70. The number of piperidine rings is 1. The summed E-state index contributed by atoms with van der Waals surface area (Å²) in [6.45, 7) is 7.10. The van der Waals surface area contributed by atoms with Crippen molar-refractivity contribution in [3.63, 3.8) is 0 Å². The van der Waals surface area contributed by atoms with E-state index in [1.165, 1.54) is 17.5 Å². The summed E-state index contributed by atoms with van der Waals surface area (Å²) in [7, 11) is 0. The van der Waals surface area contributed by atoms with Crippen molar-refractivity contribution in [3.05, 3.63) is 35.4 Å². The molecule has 1 unspecified atom stereocenters. The zero-order valence-corrected chi connectivity index (χ0v) is 13.2. The molecule has 1 saturated heterocycles. The molecule has 2 aliphatic rings. The number of nitrogens with one attached hydrogen (secondary N) is 1. The molecule has 0 spiro atoms. The SMILES string of the molecule is CC1(C)CCCNC1C(=O)N1CCc2ccccc2CC1. The lowest BCUT2D eigenvalue weighted by Gasteiger charge is -2.40. The number of amides is 1. The maximum Gasteiger partial charge on any atom is 0.240 e. The molecule has 21 heavy (non-hydrogen) atoms. The predicted octanol–water partition coefficient (Wildman–Crippen LogP) is 2.39. The first-order chi connectivity index (χ1) is 10.1. The second kappa shape index (κ2) is 5.80. The molecule has 0 saturated carbocycles. The molecule has 0 radical (unpaired) electrons. The molecule has 1 fully saturated rings. The molecule has 1 N–H and O–H groups in total. The van der Waals surface area contributed by atoms with Crippen LogP contribution in [-0.2, 0) is 17.6 Å². The zero-order valence-electron chi connectivity index (χ0n) is 13.2. The average molecular weight is 286 g/mol. The molecular formula is C18H26N2O. The largest absolute Gasteiger partial charge is 0.341 e. The Morgan fingerprint density at radius 3 is 2.38 bits per heavy atom. The quantitative estimate of drug-likeness (QED) is 0.860. The first-order valence-corrected chi connectivity index (χ1v) is 8.17. The van der Waals surface area contributed by atoms with Crippen LogP contribution in [-0.4, -0.2) is 36.5 Å². The molecular weight excluding hydrogens is 260 g/mol. The van der Waals surface area contributed by atoms with E-state index in [4.69, 9.17) is 0 Å². The molecule has 1 aromatic rings. The van der Waals surface area contributed by atoms with Crippen molar-refractivity contribution < 1.29 is 4.79 Å². The van der Waals surface area contributed by atoms with Gasteiger partial charge in [0.15, 0.2) is 0 Å². The highest BCUT2D eigenvalue weighted by Crippen LogP contribution is 2.31. The summed E-state index contributed by atoms with van der Waals surface area (Å²) in [5, 5.41) is 3.46. The van der Waals surface area contributed by atoms with Crippen LogP contribution in [0.3, 0.4) is 0 Å². The van der Waals surface area contributed by atoms with Gasteiger partial charge in [-0.05, 0) is 48.8 Å². The van der Waals surface area contributed by atoms with Gasteiger partial charge in [0.25, 0.3) is 0 Å². The van der Waals surface area contributed by atoms with Crippen molar-refractivity contribution in [3.8, 4) is 0 Å². The van der Waals surface area contributed by atoms with Gasteiger partial charge in [-0.15, -0.1) is 0 Å². The second-order valence-electron chi connectivity index (χ2n) is 7.07.